The first kappa shape index (κ1) is 16.5. The fourth-order valence-electron chi connectivity index (χ4n) is 3.43. The van der Waals surface area contributed by atoms with Gasteiger partial charge in [-0.3, -0.25) is 4.90 Å². The molecule has 2 atom stereocenters. The smallest absolute Gasteiger partial charge is 0.0323 e. The van der Waals surface area contributed by atoms with E-state index in [1.54, 1.807) is 0 Å². The van der Waals surface area contributed by atoms with E-state index in [9.17, 15) is 0 Å². The third-order valence-corrected chi connectivity index (χ3v) is 4.76. The number of hydrogen-bond acceptors (Lipinski definition) is 2. The van der Waals surface area contributed by atoms with E-state index in [0.29, 0.717) is 18.1 Å². The average Bonchev–Trinajstić information content (AvgIpc) is 2.98. The van der Waals surface area contributed by atoms with Gasteiger partial charge in [0.05, 0.1) is 0 Å². The second kappa shape index (κ2) is 7.95. The van der Waals surface area contributed by atoms with Crippen molar-refractivity contribution in [2.75, 3.05) is 13.1 Å². The molecule has 0 aliphatic carbocycles. The van der Waals surface area contributed by atoms with E-state index < -0.39 is 0 Å². The number of benzene rings is 1. The van der Waals surface area contributed by atoms with Crippen LogP contribution in [0.5, 0.6) is 0 Å². The molecule has 2 unspecified atom stereocenters. The molecule has 1 aliphatic heterocycles. The minimum Gasteiger partial charge on any atom is -0.313 e. The van der Waals surface area contributed by atoms with Crippen LogP contribution in [-0.4, -0.2) is 30.1 Å². The fraction of sp³-hybridized carbons (Fsp3) is 0.684. The summed E-state index contributed by atoms with van der Waals surface area (Å²) in [6, 6.07) is 11.0. The summed E-state index contributed by atoms with van der Waals surface area (Å²) in [4.78, 5) is 2.64. The molecule has 118 valence electrons. The van der Waals surface area contributed by atoms with Gasteiger partial charge in [-0.2, -0.15) is 0 Å². The summed E-state index contributed by atoms with van der Waals surface area (Å²) >= 11 is 0. The Labute approximate surface area is 130 Å². The molecule has 1 saturated heterocycles. The number of aryl methyl sites for hydroxylation is 1. The number of nitrogens with zero attached hydrogens (tertiary/aromatic N) is 1. The minimum absolute atomic E-state index is 0.489. The topological polar surface area (TPSA) is 15.3 Å². The van der Waals surface area contributed by atoms with E-state index in [0.717, 1.165) is 6.54 Å². The molecule has 2 heteroatoms. The molecule has 0 spiro atoms. The SMILES string of the molecule is CCCc1ccc(C(C)N(CC2CCCN2)C(C)C)cc1. The zero-order chi connectivity index (χ0) is 15.2. The lowest BCUT2D eigenvalue weighted by Crippen LogP contribution is -2.42. The molecule has 0 amide bonds. The van der Waals surface area contributed by atoms with Gasteiger partial charge in [-0.25, -0.2) is 0 Å². The molecule has 1 aromatic rings. The lowest BCUT2D eigenvalue weighted by Gasteiger charge is -2.35. The zero-order valence-corrected chi connectivity index (χ0v) is 14.2. The number of rotatable bonds is 7. The Balaban J connectivity index is 2.04. The summed E-state index contributed by atoms with van der Waals surface area (Å²) in [7, 11) is 0. The molecule has 1 aromatic carbocycles. The second-order valence-electron chi connectivity index (χ2n) is 6.75. The average molecular weight is 288 g/mol. The lowest BCUT2D eigenvalue weighted by atomic mass is 10.0. The molecule has 2 nitrogen and oxygen atoms in total. The van der Waals surface area contributed by atoms with Gasteiger partial charge in [-0.15, -0.1) is 0 Å². The first-order valence-electron chi connectivity index (χ1n) is 8.69. The molecule has 1 aliphatic rings. The van der Waals surface area contributed by atoms with Crippen LogP contribution in [0, 0.1) is 0 Å². The van der Waals surface area contributed by atoms with E-state index in [1.807, 2.05) is 0 Å². The third kappa shape index (κ3) is 4.55. The Morgan fingerprint density at radius 3 is 2.43 bits per heavy atom. The van der Waals surface area contributed by atoms with E-state index in [4.69, 9.17) is 0 Å². The monoisotopic (exact) mass is 288 g/mol. The Kier molecular flexibility index (Phi) is 6.25. The maximum Gasteiger partial charge on any atom is 0.0323 e. The zero-order valence-electron chi connectivity index (χ0n) is 14.2. The van der Waals surface area contributed by atoms with Gasteiger partial charge >= 0.3 is 0 Å². The molecule has 1 fully saturated rings. The Hall–Kier alpha value is -0.860. The Morgan fingerprint density at radius 2 is 1.90 bits per heavy atom. The summed E-state index contributed by atoms with van der Waals surface area (Å²) < 4.78 is 0. The molecule has 1 N–H and O–H groups in total. The van der Waals surface area contributed by atoms with Crippen molar-refractivity contribution < 1.29 is 0 Å². The Morgan fingerprint density at radius 1 is 1.19 bits per heavy atom. The van der Waals surface area contributed by atoms with Gasteiger partial charge in [0.2, 0.25) is 0 Å². The van der Waals surface area contributed by atoms with Crippen molar-refractivity contribution >= 4 is 0 Å². The summed E-state index contributed by atoms with van der Waals surface area (Å²) in [6.07, 6.45) is 5.07. The first-order valence-corrected chi connectivity index (χ1v) is 8.69. The molecule has 0 saturated carbocycles. The summed E-state index contributed by atoms with van der Waals surface area (Å²) in [6.45, 7) is 11.6. The van der Waals surface area contributed by atoms with Gasteiger partial charge in [0.1, 0.15) is 0 Å². The van der Waals surface area contributed by atoms with Crippen molar-refractivity contribution in [1.82, 2.24) is 10.2 Å². The highest BCUT2D eigenvalue weighted by molar-refractivity contribution is 5.25. The van der Waals surface area contributed by atoms with Crippen molar-refractivity contribution in [3.8, 4) is 0 Å². The minimum atomic E-state index is 0.489. The van der Waals surface area contributed by atoms with Gasteiger partial charge in [0, 0.05) is 24.7 Å². The highest BCUT2D eigenvalue weighted by Gasteiger charge is 2.24. The van der Waals surface area contributed by atoms with Gasteiger partial charge in [-0.05, 0) is 57.7 Å². The van der Waals surface area contributed by atoms with Crippen LogP contribution in [0.3, 0.4) is 0 Å². The summed E-state index contributed by atoms with van der Waals surface area (Å²) in [5, 5.41) is 3.63. The maximum absolute atomic E-state index is 3.63. The highest BCUT2D eigenvalue weighted by atomic mass is 15.2. The fourth-order valence-corrected chi connectivity index (χ4v) is 3.43. The van der Waals surface area contributed by atoms with Crippen LogP contribution < -0.4 is 5.32 Å². The second-order valence-corrected chi connectivity index (χ2v) is 6.75. The van der Waals surface area contributed by atoms with E-state index >= 15 is 0 Å². The van der Waals surface area contributed by atoms with Crippen LogP contribution >= 0.6 is 0 Å². The first-order chi connectivity index (χ1) is 10.1. The summed E-state index contributed by atoms with van der Waals surface area (Å²) in [5.74, 6) is 0. The number of nitrogens with one attached hydrogen (secondary N) is 1. The van der Waals surface area contributed by atoms with E-state index in [-0.39, 0.29) is 0 Å². The summed E-state index contributed by atoms with van der Waals surface area (Å²) in [5.41, 5.74) is 2.91. The standard InChI is InChI=1S/C19H32N2/c1-5-7-17-9-11-18(12-10-17)16(4)21(15(2)3)14-19-8-6-13-20-19/h9-12,15-16,19-20H,5-8,13-14H2,1-4H3. The predicted molar refractivity (Wildman–Crippen MR) is 91.7 cm³/mol. The van der Waals surface area contributed by atoms with Crippen LogP contribution in [-0.2, 0) is 6.42 Å². The lowest BCUT2D eigenvalue weighted by molar-refractivity contribution is 0.150. The molecule has 21 heavy (non-hydrogen) atoms. The highest BCUT2D eigenvalue weighted by Crippen LogP contribution is 2.24. The van der Waals surface area contributed by atoms with Gasteiger partial charge in [-0.1, -0.05) is 37.6 Å². The largest absolute Gasteiger partial charge is 0.313 e. The maximum atomic E-state index is 3.63. The van der Waals surface area contributed by atoms with Crippen molar-refractivity contribution in [1.29, 1.82) is 0 Å². The van der Waals surface area contributed by atoms with Crippen molar-refractivity contribution in [3.05, 3.63) is 35.4 Å². The normalized spacial score (nSPS) is 20.4. The van der Waals surface area contributed by atoms with Crippen LogP contribution in [0.25, 0.3) is 0 Å². The quantitative estimate of drug-likeness (QED) is 0.810. The molecule has 1 heterocycles. The van der Waals surface area contributed by atoms with Crippen molar-refractivity contribution in [3.63, 3.8) is 0 Å². The van der Waals surface area contributed by atoms with Crippen LogP contribution in [0.15, 0.2) is 24.3 Å². The molecule has 2 rings (SSSR count). The van der Waals surface area contributed by atoms with Crippen molar-refractivity contribution in [2.24, 2.45) is 0 Å². The molecule has 0 bridgehead atoms. The molecule has 0 aromatic heterocycles. The predicted octanol–water partition coefficient (Wildman–Crippen LogP) is 4.16. The Bertz CT molecular complexity index is 404. The third-order valence-electron chi connectivity index (χ3n) is 4.76. The van der Waals surface area contributed by atoms with Crippen molar-refractivity contribution in [2.45, 2.75) is 71.5 Å². The van der Waals surface area contributed by atoms with E-state index in [1.165, 1.54) is 43.4 Å². The van der Waals surface area contributed by atoms with Gasteiger partial charge < -0.3 is 5.32 Å². The van der Waals surface area contributed by atoms with Gasteiger partial charge in [0.25, 0.3) is 0 Å². The van der Waals surface area contributed by atoms with Crippen LogP contribution in [0.1, 0.15) is 64.1 Å². The van der Waals surface area contributed by atoms with Crippen LogP contribution in [0.2, 0.25) is 0 Å². The van der Waals surface area contributed by atoms with Gasteiger partial charge in [0.15, 0.2) is 0 Å². The molecular formula is C19H32N2. The number of hydrogen-bond donors (Lipinski definition) is 1. The molecular weight excluding hydrogens is 256 g/mol. The van der Waals surface area contributed by atoms with E-state index in [2.05, 4.69) is 62.2 Å². The molecule has 0 radical (unpaired) electrons. The van der Waals surface area contributed by atoms with Crippen LogP contribution in [0.4, 0.5) is 0 Å².